The third-order valence-electron chi connectivity index (χ3n) is 7.93. The Morgan fingerprint density at radius 1 is 0.255 bits per heavy atom. The molecule has 0 saturated carbocycles. The molecule has 0 fully saturated rings. The van der Waals surface area contributed by atoms with Gasteiger partial charge in [-0.2, -0.15) is 0 Å². The van der Waals surface area contributed by atoms with E-state index in [1.54, 1.807) is 0 Å². The zero-order chi connectivity index (χ0) is 32.3. The van der Waals surface area contributed by atoms with Gasteiger partial charge in [-0.1, -0.05) is 100.0 Å². The van der Waals surface area contributed by atoms with Gasteiger partial charge in [-0.15, -0.1) is 0 Å². The number of hydrogen-bond acceptors (Lipinski definition) is 0. The first-order valence-electron chi connectivity index (χ1n) is 15.4. The Morgan fingerprint density at radius 2 is 0.404 bits per heavy atom. The van der Waals surface area contributed by atoms with Crippen molar-refractivity contribution in [1.29, 1.82) is 0 Å². The van der Waals surface area contributed by atoms with Crippen LogP contribution in [0.25, 0.3) is 0 Å². The van der Waals surface area contributed by atoms with Crippen LogP contribution >= 0.6 is 0 Å². The van der Waals surface area contributed by atoms with Crippen LogP contribution in [0.2, 0.25) is 0 Å². The van der Waals surface area contributed by atoms with Gasteiger partial charge in [-0.25, -0.2) is 0 Å². The largest absolute Gasteiger partial charge is 0.358 e. The molecule has 0 aliphatic carbocycles. The van der Waals surface area contributed by atoms with Crippen molar-refractivity contribution >= 4 is 0 Å². The fourth-order valence-corrected chi connectivity index (χ4v) is 3.81. The number of hydrogen-bond donors (Lipinski definition) is 0. The average molecular weight is 867 g/mol. The first kappa shape index (κ1) is 65.6. The Hall–Kier alpha value is 0.192. The quantitative estimate of drug-likeness (QED) is 0.155. The van der Waals surface area contributed by atoms with Gasteiger partial charge in [0.2, 0.25) is 0 Å². The second-order valence-electron chi connectivity index (χ2n) is 10.5. The van der Waals surface area contributed by atoms with E-state index in [4.69, 9.17) is 0 Å². The Kier molecular flexibility index (Phi) is 52.2. The van der Waals surface area contributed by atoms with E-state index in [0.717, 1.165) is 0 Å². The summed E-state index contributed by atoms with van der Waals surface area (Å²) in [7, 11) is 0. The van der Waals surface area contributed by atoms with Crippen LogP contribution in [0.15, 0.2) is 66.7 Å². The van der Waals surface area contributed by atoms with E-state index in [1.165, 1.54) is 72.3 Å². The molecule has 0 aliphatic heterocycles. The van der Waals surface area contributed by atoms with Crippen molar-refractivity contribution < 1.29 is 98.1 Å². The summed E-state index contributed by atoms with van der Waals surface area (Å²) in [5.41, 5.74) is 18.3. The molecule has 0 N–H and O–H groups in total. The van der Waals surface area contributed by atoms with Crippen LogP contribution < -0.4 is 0 Å². The van der Waals surface area contributed by atoms with Crippen molar-refractivity contribution in [2.75, 3.05) is 0 Å². The fraction of sp³-hybridized carbons (Fsp3) is 0.386. The van der Waals surface area contributed by atoms with Gasteiger partial charge >= 0.3 is 0 Å². The fourth-order valence-electron chi connectivity index (χ4n) is 3.81. The molecule has 4 aromatic rings. The molecule has 0 unspecified atom stereocenters. The predicted molar refractivity (Wildman–Crippen MR) is 209 cm³/mol. The zero-order valence-electron chi connectivity index (χ0n) is 34.6. The van der Waals surface area contributed by atoms with Crippen molar-refractivity contribution in [2.45, 2.75) is 118 Å². The molecule has 0 aromatic heterocycles. The Morgan fingerprint density at radius 3 is 0.511 bits per heavy atom. The summed E-state index contributed by atoms with van der Waals surface area (Å²) < 4.78 is 0. The SMILES string of the molecule is CC.CC.Cc1ccc(C)c(C)c1C.Cc1ccc(C)c(C)c1C.Cc1ccc(C)c(C)c1C.Cc1ccccc1.[CH3-].[CH3-].[CH3-].[Y].[Y].[Y]. The van der Waals surface area contributed by atoms with Gasteiger partial charge in [-0.05, 0) is 157 Å². The van der Waals surface area contributed by atoms with Crippen LogP contribution in [-0.4, -0.2) is 0 Å². The van der Waals surface area contributed by atoms with Crippen molar-refractivity contribution in [1.82, 2.24) is 0 Å². The van der Waals surface area contributed by atoms with Gasteiger partial charge in [0, 0.05) is 98.1 Å². The first-order valence-corrected chi connectivity index (χ1v) is 15.4. The second kappa shape index (κ2) is 37.4. The predicted octanol–water partition coefficient (Wildman–Crippen LogP) is 14.2. The summed E-state index contributed by atoms with van der Waals surface area (Å²) in [5.74, 6) is 0. The summed E-state index contributed by atoms with van der Waals surface area (Å²) in [4.78, 5) is 0. The maximum atomic E-state index is 2.18. The van der Waals surface area contributed by atoms with Gasteiger partial charge in [0.1, 0.15) is 0 Å². The van der Waals surface area contributed by atoms with E-state index < -0.39 is 0 Å². The minimum absolute atomic E-state index is 0. The molecule has 0 atom stereocenters. The minimum atomic E-state index is 0. The molecule has 0 nitrogen and oxygen atoms in total. The molecule has 0 bridgehead atoms. The van der Waals surface area contributed by atoms with E-state index >= 15 is 0 Å². The summed E-state index contributed by atoms with van der Waals surface area (Å²) in [5, 5.41) is 0. The van der Waals surface area contributed by atoms with Crippen molar-refractivity contribution in [3.63, 3.8) is 0 Å². The molecule has 4 rings (SSSR count). The van der Waals surface area contributed by atoms with Gasteiger partial charge in [0.05, 0.1) is 0 Å². The number of aryl methyl sites for hydroxylation is 7. The van der Waals surface area contributed by atoms with Gasteiger partial charge in [0.25, 0.3) is 0 Å². The van der Waals surface area contributed by atoms with Crippen molar-refractivity contribution in [3.8, 4) is 0 Å². The maximum Gasteiger partial charge on any atom is 0 e. The molecule has 0 spiro atoms. The molecule has 259 valence electrons. The Bertz CT molecular complexity index is 1080. The van der Waals surface area contributed by atoms with Crippen LogP contribution in [0.1, 0.15) is 100 Å². The third-order valence-corrected chi connectivity index (χ3v) is 7.93. The molecule has 0 heterocycles. The van der Waals surface area contributed by atoms with Crippen LogP contribution in [-0.2, 0) is 98.1 Å². The Balaban J connectivity index is -0.0000000670. The molecule has 3 radical (unpaired) electrons. The molecule has 3 heteroatoms. The zero-order valence-corrected chi connectivity index (χ0v) is 43.1. The molecule has 47 heavy (non-hydrogen) atoms. The van der Waals surface area contributed by atoms with Gasteiger partial charge in [-0.3, -0.25) is 0 Å². The summed E-state index contributed by atoms with van der Waals surface area (Å²) in [6, 6.07) is 23.3. The molecule has 0 aliphatic rings. The average Bonchev–Trinajstić information content (AvgIpc) is 2.99. The summed E-state index contributed by atoms with van der Waals surface area (Å²) in [6.07, 6.45) is 0. The van der Waals surface area contributed by atoms with E-state index in [1.807, 2.05) is 45.9 Å². The smallest absolute Gasteiger partial charge is 0 e. The third kappa shape index (κ3) is 25.7. The van der Waals surface area contributed by atoms with Crippen LogP contribution in [0.3, 0.4) is 0 Å². The van der Waals surface area contributed by atoms with Gasteiger partial charge in [0.15, 0.2) is 0 Å². The summed E-state index contributed by atoms with van der Waals surface area (Å²) in [6.45, 7) is 36.1. The van der Waals surface area contributed by atoms with Crippen molar-refractivity contribution in [2.24, 2.45) is 0 Å². The van der Waals surface area contributed by atoms with Gasteiger partial charge < -0.3 is 22.3 Å². The molecule has 4 aromatic carbocycles. The maximum absolute atomic E-state index is 2.18. The first-order chi connectivity index (χ1) is 19.3. The van der Waals surface area contributed by atoms with E-state index in [2.05, 4.69) is 139 Å². The van der Waals surface area contributed by atoms with E-state index in [-0.39, 0.29) is 120 Å². The Labute approximate surface area is 372 Å². The van der Waals surface area contributed by atoms with Crippen LogP contribution in [0.5, 0.6) is 0 Å². The minimum Gasteiger partial charge on any atom is -0.358 e. The molecule has 0 amide bonds. The standard InChI is InChI=1S/3C10H14.C7H8.2C2H6.3CH3.3Y/c3*1-7-5-6-8(2)10(4)9(7)3;1-7-5-3-2-4-6-7;2*1-2;;;;;;/h3*5-6H,1-4H3;2-6H,1H3;2*1-2H3;3*1H3;;;/q;;;;;;3*-1;;;. The van der Waals surface area contributed by atoms with E-state index in [0.29, 0.717) is 0 Å². The van der Waals surface area contributed by atoms with E-state index in [9.17, 15) is 0 Å². The summed E-state index contributed by atoms with van der Waals surface area (Å²) >= 11 is 0. The molecule has 0 saturated heterocycles. The number of benzene rings is 4. The molecular formula is C44H71Y3-3. The number of rotatable bonds is 0. The normalized spacial score (nSPS) is 7.94. The van der Waals surface area contributed by atoms with Crippen molar-refractivity contribution in [3.05, 3.63) is 161 Å². The molecular weight excluding hydrogens is 795 g/mol. The topological polar surface area (TPSA) is 0 Å². The monoisotopic (exact) mass is 866 g/mol. The van der Waals surface area contributed by atoms with Crippen LogP contribution in [0, 0.1) is 112 Å². The van der Waals surface area contributed by atoms with Crippen LogP contribution in [0.4, 0.5) is 0 Å². The second-order valence-corrected chi connectivity index (χ2v) is 10.5.